The fraction of sp³-hybridized carbons (Fsp3) is 0.654. The molecule has 1 amide bonds. The number of fused-ring (bicyclic) bond motifs is 1. The van der Waals surface area contributed by atoms with Crippen LogP contribution >= 0.6 is 11.3 Å². The van der Waals surface area contributed by atoms with Crippen molar-refractivity contribution in [1.82, 2.24) is 9.88 Å². The number of unbranched alkanes of at least 4 members (excludes halogenated alkanes) is 9. The standard InChI is InChI=1S/C26H37F3N2O3S/c1-3-5-6-7-8-9-10-11-12-13-16-31(22(32)14-15-23(33)34-4-2)18-21-30-25-24(29)19(27)17-20(28)26(25)35-21/h17H,3-16,18H2,1-2H3. The molecule has 0 bridgehead atoms. The average molecular weight is 515 g/mol. The number of carbonyl (C=O) groups excluding carboxylic acids is 2. The van der Waals surface area contributed by atoms with E-state index < -0.39 is 23.4 Å². The molecule has 0 N–H and O–H groups in total. The maximum absolute atomic E-state index is 14.1. The fourth-order valence-electron chi connectivity index (χ4n) is 3.94. The van der Waals surface area contributed by atoms with E-state index in [1.165, 1.54) is 38.5 Å². The molecule has 0 saturated carbocycles. The number of hydrogen-bond acceptors (Lipinski definition) is 5. The van der Waals surface area contributed by atoms with Crippen LogP contribution in [0.25, 0.3) is 10.2 Å². The summed E-state index contributed by atoms with van der Waals surface area (Å²) >= 11 is 0.905. The smallest absolute Gasteiger partial charge is 0.306 e. The second-order valence-electron chi connectivity index (χ2n) is 8.74. The molecule has 196 valence electrons. The van der Waals surface area contributed by atoms with Crippen molar-refractivity contribution >= 4 is 33.4 Å². The van der Waals surface area contributed by atoms with E-state index in [-0.39, 0.29) is 42.1 Å². The minimum Gasteiger partial charge on any atom is -0.466 e. The summed E-state index contributed by atoms with van der Waals surface area (Å²) in [4.78, 5) is 30.1. The molecule has 1 aromatic carbocycles. The van der Waals surface area contributed by atoms with Crippen LogP contribution in [0.4, 0.5) is 13.2 Å². The van der Waals surface area contributed by atoms with Gasteiger partial charge in [0.25, 0.3) is 0 Å². The molecule has 35 heavy (non-hydrogen) atoms. The lowest BCUT2D eigenvalue weighted by atomic mass is 10.1. The van der Waals surface area contributed by atoms with Crippen LogP contribution in [0.5, 0.6) is 0 Å². The third-order valence-electron chi connectivity index (χ3n) is 5.87. The van der Waals surface area contributed by atoms with Gasteiger partial charge in [-0.05, 0) is 13.3 Å². The van der Waals surface area contributed by atoms with Crippen molar-refractivity contribution in [3.05, 3.63) is 28.5 Å². The highest BCUT2D eigenvalue weighted by Crippen LogP contribution is 2.29. The number of carbonyl (C=O) groups is 2. The molecule has 1 aromatic heterocycles. The quantitative estimate of drug-likeness (QED) is 0.126. The molecular formula is C26H37F3N2O3S. The SMILES string of the molecule is CCCCCCCCCCCCN(Cc1nc2c(F)c(F)cc(F)c2s1)C(=O)CCC(=O)OCC. The predicted molar refractivity (Wildman–Crippen MR) is 133 cm³/mol. The van der Waals surface area contributed by atoms with Gasteiger partial charge in [-0.2, -0.15) is 0 Å². The molecule has 0 aliphatic rings. The van der Waals surface area contributed by atoms with Gasteiger partial charge in [-0.25, -0.2) is 18.2 Å². The fourth-order valence-corrected chi connectivity index (χ4v) is 4.92. The van der Waals surface area contributed by atoms with Gasteiger partial charge < -0.3 is 9.64 Å². The summed E-state index contributed by atoms with van der Waals surface area (Å²) in [6, 6.07) is 0.506. The van der Waals surface area contributed by atoms with E-state index in [9.17, 15) is 22.8 Å². The van der Waals surface area contributed by atoms with Gasteiger partial charge in [0.1, 0.15) is 16.3 Å². The van der Waals surface area contributed by atoms with Crippen LogP contribution in [-0.2, 0) is 20.9 Å². The first-order valence-corrected chi connectivity index (χ1v) is 13.5. The number of amides is 1. The van der Waals surface area contributed by atoms with Crippen molar-refractivity contribution in [2.24, 2.45) is 0 Å². The summed E-state index contributed by atoms with van der Waals surface area (Å²) in [7, 11) is 0. The molecule has 5 nitrogen and oxygen atoms in total. The Kier molecular flexibility index (Phi) is 13.1. The molecule has 2 aromatic rings. The van der Waals surface area contributed by atoms with Crippen molar-refractivity contribution in [1.29, 1.82) is 0 Å². The molecular weight excluding hydrogens is 477 g/mol. The number of rotatable bonds is 17. The molecule has 0 fully saturated rings. The molecule has 0 radical (unpaired) electrons. The van der Waals surface area contributed by atoms with E-state index in [1.807, 2.05) is 0 Å². The number of benzene rings is 1. The zero-order chi connectivity index (χ0) is 25.6. The van der Waals surface area contributed by atoms with Gasteiger partial charge in [0.2, 0.25) is 5.91 Å². The highest BCUT2D eigenvalue weighted by Gasteiger charge is 2.21. The monoisotopic (exact) mass is 514 g/mol. The Labute approximate surface area is 210 Å². The van der Waals surface area contributed by atoms with E-state index in [0.29, 0.717) is 17.6 Å². The van der Waals surface area contributed by atoms with Gasteiger partial charge in [0.05, 0.1) is 24.3 Å². The molecule has 9 heteroatoms. The third kappa shape index (κ3) is 9.78. The zero-order valence-electron chi connectivity index (χ0n) is 20.8. The number of hydrogen-bond donors (Lipinski definition) is 0. The van der Waals surface area contributed by atoms with Gasteiger partial charge in [0, 0.05) is 19.0 Å². The number of ether oxygens (including phenoxy) is 1. The maximum atomic E-state index is 14.1. The van der Waals surface area contributed by atoms with Gasteiger partial charge in [-0.15, -0.1) is 11.3 Å². The Balaban J connectivity index is 1.93. The van der Waals surface area contributed by atoms with Gasteiger partial charge in [-0.3, -0.25) is 9.59 Å². The summed E-state index contributed by atoms with van der Waals surface area (Å²) < 4.78 is 46.5. The number of thiazole rings is 1. The van der Waals surface area contributed by atoms with Crippen LogP contribution in [0.15, 0.2) is 6.07 Å². The minimum atomic E-state index is -1.29. The number of halogens is 3. The number of esters is 1. The zero-order valence-corrected chi connectivity index (χ0v) is 21.7. The first-order valence-electron chi connectivity index (χ1n) is 12.7. The van der Waals surface area contributed by atoms with Crippen LogP contribution in [0, 0.1) is 17.5 Å². The summed E-state index contributed by atoms with van der Waals surface area (Å²) in [5.41, 5.74) is -0.361. The van der Waals surface area contributed by atoms with Crippen LogP contribution in [0.3, 0.4) is 0 Å². The van der Waals surface area contributed by atoms with E-state index in [1.54, 1.807) is 11.8 Å². The van der Waals surface area contributed by atoms with Gasteiger partial charge in [0.15, 0.2) is 11.6 Å². The first kappa shape index (κ1) is 29.1. The van der Waals surface area contributed by atoms with Crippen LogP contribution in [0.2, 0.25) is 0 Å². The molecule has 2 rings (SSSR count). The second-order valence-corrected chi connectivity index (χ2v) is 9.83. The molecule has 0 spiro atoms. The third-order valence-corrected chi connectivity index (χ3v) is 6.92. The Morgan fingerprint density at radius 3 is 2.17 bits per heavy atom. The lowest BCUT2D eigenvalue weighted by molar-refractivity contribution is -0.145. The molecule has 1 heterocycles. The van der Waals surface area contributed by atoms with Crippen LogP contribution in [-0.4, -0.2) is 34.9 Å². The van der Waals surface area contributed by atoms with Gasteiger partial charge in [-0.1, -0.05) is 64.7 Å². The van der Waals surface area contributed by atoms with E-state index in [0.717, 1.165) is 37.0 Å². The van der Waals surface area contributed by atoms with E-state index in [4.69, 9.17) is 4.74 Å². The average Bonchev–Trinajstić information content (AvgIpc) is 3.26. The normalized spacial score (nSPS) is 11.2. The molecule has 0 aliphatic carbocycles. The van der Waals surface area contributed by atoms with Crippen molar-refractivity contribution in [2.45, 2.75) is 97.4 Å². The largest absolute Gasteiger partial charge is 0.466 e. The van der Waals surface area contributed by atoms with Crippen molar-refractivity contribution in [3.63, 3.8) is 0 Å². The van der Waals surface area contributed by atoms with E-state index >= 15 is 0 Å². The lowest BCUT2D eigenvalue weighted by Crippen LogP contribution is -2.32. The minimum absolute atomic E-state index is 0.0150. The van der Waals surface area contributed by atoms with Gasteiger partial charge >= 0.3 is 5.97 Å². The lowest BCUT2D eigenvalue weighted by Gasteiger charge is -2.21. The Morgan fingerprint density at radius 2 is 1.54 bits per heavy atom. The van der Waals surface area contributed by atoms with Crippen molar-refractivity contribution in [3.8, 4) is 0 Å². The number of aromatic nitrogens is 1. The molecule has 0 atom stereocenters. The second kappa shape index (κ2) is 15.8. The highest BCUT2D eigenvalue weighted by molar-refractivity contribution is 7.18. The summed E-state index contributed by atoms with van der Waals surface area (Å²) in [6.45, 7) is 4.66. The Hall–Kier alpha value is -2.16. The topological polar surface area (TPSA) is 59.5 Å². The predicted octanol–water partition coefficient (Wildman–Crippen LogP) is 7.31. The summed E-state index contributed by atoms with van der Waals surface area (Å²) in [6.07, 6.45) is 11.5. The molecule has 0 aliphatic heterocycles. The number of nitrogens with zero attached hydrogens (tertiary/aromatic N) is 2. The summed E-state index contributed by atoms with van der Waals surface area (Å²) in [5.74, 6) is -4.06. The molecule has 0 saturated heterocycles. The van der Waals surface area contributed by atoms with E-state index in [2.05, 4.69) is 11.9 Å². The highest BCUT2D eigenvalue weighted by atomic mass is 32.1. The van der Waals surface area contributed by atoms with Crippen LogP contribution in [0.1, 0.15) is 95.9 Å². The maximum Gasteiger partial charge on any atom is 0.306 e. The van der Waals surface area contributed by atoms with Crippen LogP contribution < -0.4 is 0 Å². The molecule has 0 unspecified atom stereocenters. The first-order chi connectivity index (χ1) is 16.9. The Morgan fingerprint density at radius 1 is 0.914 bits per heavy atom. The van der Waals surface area contributed by atoms with Crippen molar-refractivity contribution in [2.75, 3.05) is 13.2 Å². The Bertz CT molecular complexity index is 952. The van der Waals surface area contributed by atoms with Crippen molar-refractivity contribution < 1.29 is 27.5 Å². The summed E-state index contributed by atoms with van der Waals surface area (Å²) in [5, 5.41) is 0.319.